The van der Waals surface area contributed by atoms with Gasteiger partial charge < -0.3 is 10.3 Å². The topological polar surface area (TPSA) is 103 Å². The number of rotatable bonds is 5. The number of aryl methyl sites for hydroxylation is 2. The quantitative estimate of drug-likeness (QED) is 0.169. The van der Waals surface area contributed by atoms with E-state index in [2.05, 4.69) is 52.5 Å². The first-order chi connectivity index (χ1) is 20.0. The molecule has 5 aromatic heterocycles. The first kappa shape index (κ1) is 32.2. The molecule has 0 atom stereocenters. The number of amides is 1. The number of anilines is 1. The van der Waals surface area contributed by atoms with Crippen LogP contribution in [0.1, 0.15) is 11.1 Å². The maximum Gasteiger partial charge on any atom is 1.00 e. The Morgan fingerprint density at radius 1 is 0.786 bits per heavy atom. The van der Waals surface area contributed by atoms with Gasteiger partial charge in [0.15, 0.2) is 11.6 Å². The van der Waals surface area contributed by atoms with Crippen molar-refractivity contribution in [3.63, 3.8) is 0 Å². The molecule has 0 aliphatic heterocycles. The molecule has 213 valence electrons. The second-order valence-corrected chi connectivity index (χ2v) is 9.23. The number of aromatic nitrogens is 7. The van der Waals surface area contributed by atoms with Gasteiger partial charge in [-0.2, -0.15) is 10.2 Å². The number of hydrogen-bond acceptors (Lipinski definition) is 6. The molecular weight excluding hydrogens is 771 g/mol. The monoisotopic (exact) mass is 799 g/mol. The van der Waals surface area contributed by atoms with Crippen LogP contribution in [0.5, 0.6) is 0 Å². The molecule has 0 spiro atoms. The molecule has 5 heterocycles. The average molecular weight is 799 g/mol. The van der Waals surface area contributed by atoms with Crippen LogP contribution in [0.2, 0.25) is 0 Å². The molecule has 1 amide bonds. The van der Waals surface area contributed by atoms with E-state index in [1.54, 1.807) is 52.5 Å². The standard InChI is InChI=1S/C13H10BrN2O.2C9H9N3.Os/c14-9-13(17)16-11-5-3-4-10(8-11)12-6-1-2-7-15-12;2*1-8-3-5-10-9(7-8)12-6-2-4-11-12;/h1-3,5-8H,9H2,(H,16,17);2*2-7H,1H3;/q-1;;;+1. The van der Waals surface area contributed by atoms with Crippen LogP contribution in [-0.2, 0) is 24.6 Å². The predicted octanol–water partition coefficient (Wildman–Crippen LogP) is 6.03. The van der Waals surface area contributed by atoms with Gasteiger partial charge >= 0.3 is 19.8 Å². The van der Waals surface area contributed by atoms with Crippen molar-refractivity contribution in [3.8, 4) is 22.9 Å². The van der Waals surface area contributed by atoms with E-state index in [4.69, 9.17) is 0 Å². The van der Waals surface area contributed by atoms with Crippen molar-refractivity contribution in [1.29, 1.82) is 0 Å². The molecule has 0 aliphatic carbocycles. The van der Waals surface area contributed by atoms with Crippen LogP contribution in [0.25, 0.3) is 22.9 Å². The molecule has 6 rings (SSSR count). The van der Waals surface area contributed by atoms with Crippen LogP contribution in [0, 0.1) is 19.9 Å². The van der Waals surface area contributed by atoms with Gasteiger partial charge in [0, 0.05) is 43.4 Å². The van der Waals surface area contributed by atoms with Gasteiger partial charge in [0.2, 0.25) is 5.91 Å². The number of carbonyl (C=O) groups is 1. The molecule has 42 heavy (non-hydrogen) atoms. The fourth-order valence-corrected chi connectivity index (χ4v) is 3.65. The van der Waals surface area contributed by atoms with Crippen molar-refractivity contribution in [3.05, 3.63) is 133 Å². The van der Waals surface area contributed by atoms with Gasteiger partial charge in [-0.05, 0) is 78.8 Å². The van der Waals surface area contributed by atoms with Crippen molar-refractivity contribution in [2.24, 2.45) is 0 Å². The van der Waals surface area contributed by atoms with Crippen LogP contribution in [-0.4, -0.2) is 45.8 Å². The summed E-state index contributed by atoms with van der Waals surface area (Å²) in [5.74, 6) is 1.64. The number of halogens is 1. The second kappa shape index (κ2) is 16.8. The minimum absolute atomic E-state index is 0. The van der Waals surface area contributed by atoms with Crippen molar-refractivity contribution >= 4 is 27.5 Å². The summed E-state index contributed by atoms with van der Waals surface area (Å²) in [6.07, 6.45) is 12.5. The minimum atomic E-state index is -0.0804. The number of carbonyl (C=O) groups excluding carboxylic acids is 1. The average Bonchev–Trinajstić information content (AvgIpc) is 3.74. The van der Waals surface area contributed by atoms with Crippen molar-refractivity contribution in [1.82, 2.24) is 34.5 Å². The van der Waals surface area contributed by atoms with Gasteiger partial charge in [-0.1, -0.05) is 28.1 Å². The van der Waals surface area contributed by atoms with Crippen LogP contribution in [0.15, 0.2) is 116 Å². The van der Waals surface area contributed by atoms with Gasteiger partial charge in [0.25, 0.3) is 0 Å². The van der Waals surface area contributed by atoms with E-state index >= 15 is 0 Å². The summed E-state index contributed by atoms with van der Waals surface area (Å²) in [6, 6.07) is 25.9. The van der Waals surface area contributed by atoms with Gasteiger partial charge in [-0.3, -0.25) is 4.79 Å². The maximum absolute atomic E-state index is 11.2. The SMILES string of the molecule is Cc1ccnc(-n2cccn2)c1.Cc1ccnc(-n2cccn2)c1.O=C(CBr)Nc1cc[c-]c(-c2ccccn2)c1.[Os+]. The molecule has 1 aromatic carbocycles. The van der Waals surface area contributed by atoms with Crippen LogP contribution < -0.4 is 5.32 Å². The Kier molecular flexibility index (Phi) is 12.9. The molecule has 0 bridgehead atoms. The van der Waals surface area contributed by atoms with Gasteiger partial charge in [-0.15, -0.1) is 29.8 Å². The zero-order valence-corrected chi connectivity index (χ0v) is 27.1. The summed E-state index contributed by atoms with van der Waals surface area (Å²) < 4.78 is 3.49. The first-order valence-corrected chi connectivity index (χ1v) is 13.8. The predicted molar refractivity (Wildman–Crippen MR) is 163 cm³/mol. The molecule has 9 nitrogen and oxygen atoms in total. The van der Waals surface area contributed by atoms with E-state index in [1.807, 2.05) is 86.9 Å². The molecular formula is C31H28BrN8OOs. The zero-order valence-electron chi connectivity index (χ0n) is 22.9. The smallest absolute Gasteiger partial charge is 0.343 e. The van der Waals surface area contributed by atoms with E-state index in [0.717, 1.165) is 28.6 Å². The molecule has 1 N–H and O–H groups in total. The van der Waals surface area contributed by atoms with E-state index < -0.39 is 0 Å². The van der Waals surface area contributed by atoms with Crippen LogP contribution in [0.3, 0.4) is 0 Å². The van der Waals surface area contributed by atoms with E-state index in [9.17, 15) is 4.79 Å². The molecule has 1 radical (unpaired) electrons. The third kappa shape index (κ3) is 9.95. The fourth-order valence-electron chi connectivity index (χ4n) is 3.51. The number of nitrogens with one attached hydrogen (secondary N) is 1. The van der Waals surface area contributed by atoms with E-state index in [-0.39, 0.29) is 31.0 Å². The van der Waals surface area contributed by atoms with Gasteiger partial charge in [-0.25, -0.2) is 19.3 Å². The summed E-state index contributed by atoms with van der Waals surface area (Å²) >= 11 is 3.10. The fraction of sp³-hybridized carbons (Fsp3) is 0.0968. The summed E-state index contributed by atoms with van der Waals surface area (Å²) in [5, 5.41) is 11.2. The Morgan fingerprint density at radius 2 is 1.40 bits per heavy atom. The Balaban J connectivity index is 0.000000175. The molecule has 0 saturated carbocycles. The maximum atomic E-state index is 11.2. The Bertz CT molecular complexity index is 1570. The van der Waals surface area contributed by atoms with Gasteiger partial charge in [0.1, 0.15) is 0 Å². The third-order valence-electron chi connectivity index (χ3n) is 5.43. The number of hydrogen-bond donors (Lipinski definition) is 1. The summed E-state index contributed by atoms with van der Waals surface area (Å²) in [5.41, 5.74) is 4.82. The summed E-state index contributed by atoms with van der Waals surface area (Å²) in [6.45, 7) is 4.07. The molecule has 6 aromatic rings. The van der Waals surface area contributed by atoms with Gasteiger partial charge in [0.05, 0.1) is 5.33 Å². The van der Waals surface area contributed by atoms with Crippen molar-refractivity contribution in [2.75, 3.05) is 10.6 Å². The Morgan fingerprint density at radius 3 is 1.88 bits per heavy atom. The van der Waals surface area contributed by atoms with Crippen LogP contribution >= 0.6 is 15.9 Å². The molecule has 0 unspecified atom stereocenters. The van der Waals surface area contributed by atoms with E-state index in [0.29, 0.717) is 0 Å². The number of nitrogens with zero attached hydrogens (tertiary/aromatic N) is 7. The second-order valence-electron chi connectivity index (χ2n) is 8.67. The molecule has 0 aliphatic rings. The van der Waals surface area contributed by atoms with Crippen molar-refractivity contribution in [2.45, 2.75) is 13.8 Å². The molecule has 0 saturated heterocycles. The number of alkyl halides is 1. The summed E-state index contributed by atoms with van der Waals surface area (Å²) in [4.78, 5) is 23.8. The van der Waals surface area contributed by atoms with E-state index in [1.165, 1.54) is 11.1 Å². The molecule has 11 heteroatoms. The normalized spacial score (nSPS) is 9.79. The molecule has 0 fully saturated rings. The number of pyridine rings is 3. The Labute approximate surface area is 266 Å². The summed E-state index contributed by atoms with van der Waals surface area (Å²) in [7, 11) is 0. The number of benzene rings is 1. The Hall–Kier alpha value is -4.32. The zero-order chi connectivity index (χ0) is 28.9. The minimum Gasteiger partial charge on any atom is -0.343 e. The first-order valence-electron chi connectivity index (χ1n) is 12.7. The van der Waals surface area contributed by atoms with Crippen LogP contribution in [0.4, 0.5) is 5.69 Å². The largest absolute Gasteiger partial charge is 1.00 e. The third-order valence-corrected chi connectivity index (χ3v) is 5.94. The van der Waals surface area contributed by atoms with Crippen molar-refractivity contribution < 1.29 is 24.6 Å².